The van der Waals surface area contributed by atoms with E-state index in [1.54, 1.807) is 12.1 Å². The second kappa shape index (κ2) is 8.67. The molecule has 1 fully saturated rings. The van der Waals surface area contributed by atoms with Crippen LogP contribution in [0.3, 0.4) is 0 Å². The molecule has 2 rings (SSSR count). The first kappa shape index (κ1) is 19.7. The van der Waals surface area contributed by atoms with Crippen LogP contribution >= 0.6 is 11.8 Å². The molecule has 1 aromatic rings. The fourth-order valence-electron chi connectivity index (χ4n) is 2.96. The van der Waals surface area contributed by atoms with Gasteiger partial charge in [-0.2, -0.15) is 0 Å². The van der Waals surface area contributed by atoms with Crippen LogP contribution in [-0.4, -0.2) is 46.2 Å². The molecule has 1 amide bonds. The lowest BCUT2D eigenvalue weighted by atomic mass is 9.98. The monoisotopic (exact) mass is 365 g/mol. The normalized spacial score (nSPS) is 17.1. The Labute approximate surface area is 153 Å². The van der Waals surface area contributed by atoms with Crippen LogP contribution in [0.2, 0.25) is 0 Å². The van der Waals surface area contributed by atoms with E-state index < -0.39 is 4.92 Å². The van der Waals surface area contributed by atoms with Gasteiger partial charge in [-0.3, -0.25) is 19.8 Å². The molecule has 25 heavy (non-hydrogen) atoms. The Bertz CT molecular complexity index is 598. The van der Waals surface area contributed by atoms with Gasteiger partial charge >= 0.3 is 0 Å². The van der Waals surface area contributed by atoms with Gasteiger partial charge in [0.2, 0.25) is 5.91 Å². The summed E-state index contributed by atoms with van der Waals surface area (Å²) in [5.74, 6) is -0.00608. The minimum atomic E-state index is -0.423. The Morgan fingerprint density at radius 1 is 1.28 bits per heavy atom. The van der Waals surface area contributed by atoms with Gasteiger partial charge < -0.3 is 5.32 Å². The summed E-state index contributed by atoms with van der Waals surface area (Å²) in [6, 6.07) is 6.30. The number of carbonyl (C=O) groups is 1. The van der Waals surface area contributed by atoms with Crippen molar-refractivity contribution in [3.63, 3.8) is 0 Å². The molecular formula is C18H27N3O3S. The SMILES string of the molecule is CC(Sc1ccc([N+](=O)[O-])cc1)C(=O)NCC(C)(C)N1CCCCC1. The van der Waals surface area contributed by atoms with E-state index in [9.17, 15) is 14.9 Å². The number of nitro benzene ring substituents is 1. The van der Waals surface area contributed by atoms with Crippen molar-refractivity contribution in [3.8, 4) is 0 Å². The van der Waals surface area contributed by atoms with Crippen LogP contribution in [0.15, 0.2) is 29.2 Å². The second-order valence-corrected chi connectivity index (χ2v) is 8.50. The van der Waals surface area contributed by atoms with Gasteiger partial charge in [0.25, 0.3) is 5.69 Å². The Morgan fingerprint density at radius 2 is 1.88 bits per heavy atom. The topological polar surface area (TPSA) is 75.5 Å². The van der Waals surface area contributed by atoms with Gasteiger partial charge in [0.1, 0.15) is 0 Å². The Morgan fingerprint density at radius 3 is 2.44 bits per heavy atom. The van der Waals surface area contributed by atoms with Crippen LogP contribution in [0.4, 0.5) is 5.69 Å². The van der Waals surface area contributed by atoms with E-state index in [1.165, 1.54) is 43.2 Å². The standard InChI is InChI=1S/C18H27N3O3S/c1-14(25-16-9-7-15(8-10-16)21(23)24)17(22)19-13-18(2,3)20-11-5-4-6-12-20/h7-10,14H,4-6,11-13H2,1-3H3,(H,19,22). The minimum absolute atomic E-state index is 0.00608. The maximum atomic E-state index is 12.4. The third-order valence-electron chi connectivity index (χ3n) is 4.64. The van der Waals surface area contributed by atoms with Gasteiger partial charge in [0.05, 0.1) is 10.2 Å². The summed E-state index contributed by atoms with van der Waals surface area (Å²) in [5.41, 5.74) is 0.0121. The number of nitrogens with one attached hydrogen (secondary N) is 1. The fraction of sp³-hybridized carbons (Fsp3) is 0.611. The molecule has 1 N–H and O–H groups in total. The molecule has 1 unspecified atom stereocenters. The number of carbonyl (C=O) groups excluding carboxylic acids is 1. The van der Waals surface area contributed by atoms with E-state index in [-0.39, 0.29) is 22.4 Å². The summed E-state index contributed by atoms with van der Waals surface area (Å²) in [7, 11) is 0. The lowest BCUT2D eigenvalue weighted by molar-refractivity contribution is -0.384. The molecule has 138 valence electrons. The van der Waals surface area contributed by atoms with E-state index in [0.717, 1.165) is 18.0 Å². The number of piperidine rings is 1. The van der Waals surface area contributed by atoms with Gasteiger partial charge in [-0.05, 0) is 58.8 Å². The smallest absolute Gasteiger partial charge is 0.269 e. The van der Waals surface area contributed by atoms with E-state index in [1.807, 2.05) is 6.92 Å². The summed E-state index contributed by atoms with van der Waals surface area (Å²) in [6.07, 6.45) is 3.75. The largest absolute Gasteiger partial charge is 0.353 e. The summed E-state index contributed by atoms with van der Waals surface area (Å²) in [6.45, 7) is 9.01. The van der Waals surface area contributed by atoms with Crippen LogP contribution in [-0.2, 0) is 4.79 Å². The van der Waals surface area contributed by atoms with Crippen molar-refractivity contribution in [1.29, 1.82) is 0 Å². The number of hydrogen-bond donors (Lipinski definition) is 1. The van der Waals surface area contributed by atoms with E-state index >= 15 is 0 Å². The molecule has 1 atom stereocenters. The highest BCUT2D eigenvalue weighted by Gasteiger charge is 2.29. The molecule has 6 nitrogen and oxygen atoms in total. The number of non-ortho nitro benzene ring substituents is 1. The first-order valence-corrected chi connectivity index (χ1v) is 9.61. The quantitative estimate of drug-likeness (QED) is 0.455. The number of nitro groups is 1. The third-order valence-corrected chi connectivity index (χ3v) is 5.75. The number of hydrogen-bond acceptors (Lipinski definition) is 5. The molecule has 1 saturated heterocycles. The van der Waals surface area contributed by atoms with Gasteiger partial charge in [-0.15, -0.1) is 11.8 Å². The molecule has 7 heteroatoms. The zero-order valence-corrected chi connectivity index (χ0v) is 16.0. The average molecular weight is 365 g/mol. The van der Waals surface area contributed by atoms with Crippen molar-refractivity contribution in [2.75, 3.05) is 19.6 Å². The second-order valence-electron chi connectivity index (χ2n) is 7.09. The van der Waals surface area contributed by atoms with Gasteiger partial charge in [-0.1, -0.05) is 6.42 Å². The Balaban J connectivity index is 1.84. The van der Waals surface area contributed by atoms with Gasteiger partial charge in [0.15, 0.2) is 0 Å². The molecule has 0 spiro atoms. The predicted molar refractivity (Wildman–Crippen MR) is 101 cm³/mol. The highest BCUT2D eigenvalue weighted by Crippen LogP contribution is 2.26. The van der Waals surface area contributed by atoms with Crippen molar-refractivity contribution in [3.05, 3.63) is 34.4 Å². The lowest BCUT2D eigenvalue weighted by Gasteiger charge is -2.41. The summed E-state index contributed by atoms with van der Waals surface area (Å²) >= 11 is 1.41. The number of amides is 1. The number of rotatable bonds is 7. The van der Waals surface area contributed by atoms with Crippen LogP contribution in [0.25, 0.3) is 0 Å². The summed E-state index contributed by atoms with van der Waals surface area (Å²) in [5, 5.41) is 13.5. The van der Waals surface area contributed by atoms with Crippen molar-refractivity contribution >= 4 is 23.4 Å². The number of nitrogens with zero attached hydrogens (tertiary/aromatic N) is 2. The zero-order chi connectivity index (χ0) is 18.4. The minimum Gasteiger partial charge on any atom is -0.353 e. The van der Waals surface area contributed by atoms with E-state index in [4.69, 9.17) is 0 Å². The molecule has 1 aliphatic heterocycles. The predicted octanol–water partition coefficient (Wildman–Crippen LogP) is 3.46. The zero-order valence-electron chi connectivity index (χ0n) is 15.2. The molecule has 1 aliphatic rings. The van der Waals surface area contributed by atoms with Crippen molar-refractivity contribution in [2.24, 2.45) is 0 Å². The van der Waals surface area contributed by atoms with Crippen LogP contribution in [0.5, 0.6) is 0 Å². The maximum absolute atomic E-state index is 12.4. The van der Waals surface area contributed by atoms with Gasteiger partial charge in [-0.25, -0.2) is 0 Å². The fourth-order valence-corrected chi connectivity index (χ4v) is 3.85. The summed E-state index contributed by atoms with van der Waals surface area (Å²) in [4.78, 5) is 26.0. The Hall–Kier alpha value is -1.60. The number of benzene rings is 1. The van der Waals surface area contributed by atoms with Crippen LogP contribution in [0, 0.1) is 10.1 Å². The average Bonchev–Trinajstić information content (AvgIpc) is 2.61. The molecule has 1 aromatic carbocycles. The molecule has 1 heterocycles. The van der Waals surface area contributed by atoms with E-state index in [2.05, 4.69) is 24.1 Å². The first-order chi connectivity index (χ1) is 11.8. The highest BCUT2D eigenvalue weighted by molar-refractivity contribution is 8.00. The molecule has 0 aromatic heterocycles. The first-order valence-electron chi connectivity index (χ1n) is 8.73. The van der Waals surface area contributed by atoms with Crippen LogP contribution < -0.4 is 5.32 Å². The summed E-state index contributed by atoms with van der Waals surface area (Å²) < 4.78 is 0. The van der Waals surface area contributed by atoms with E-state index in [0.29, 0.717) is 6.54 Å². The van der Waals surface area contributed by atoms with Gasteiger partial charge in [0, 0.05) is 29.1 Å². The maximum Gasteiger partial charge on any atom is 0.269 e. The number of likely N-dealkylation sites (tertiary alicyclic amines) is 1. The molecule has 0 aliphatic carbocycles. The van der Waals surface area contributed by atoms with Crippen molar-refractivity contribution in [2.45, 2.75) is 55.7 Å². The molecule has 0 saturated carbocycles. The van der Waals surface area contributed by atoms with Crippen LogP contribution in [0.1, 0.15) is 40.0 Å². The lowest BCUT2D eigenvalue weighted by Crippen LogP contribution is -2.54. The van der Waals surface area contributed by atoms with Crippen molar-refractivity contribution < 1.29 is 9.72 Å². The third kappa shape index (κ3) is 5.71. The van der Waals surface area contributed by atoms with Crippen molar-refractivity contribution in [1.82, 2.24) is 10.2 Å². The molecule has 0 radical (unpaired) electrons. The Kier molecular flexibility index (Phi) is 6.84. The molecule has 0 bridgehead atoms. The number of thioether (sulfide) groups is 1. The molecular weight excluding hydrogens is 338 g/mol. The highest BCUT2D eigenvalue weighted by atomic mass is 32.2.